The zero-order valence-electron chi connectivity index (χ0n) is 21.1. The van der Waals surface area contributed by atoms with Gasteiger partial charge in [-0.25, -0.2) is 14.6 Å². The van der Waals surface area contributed by atoms with Gasteiger partial charge in [0, 0.05) is 15.1 Å². The normalized spacial score (nSPS) is 15.0. The Hall–Kier alpha value is -2.48. The first-order chi connectivity index (χ1) is 18.7. The summed E-state index contributed by atoms with van der Waals surface area (Å²) in [5.74, 6) is -0.624. The van der Waals surface area contributed by atoms with Crippen molar-refractivity contribution in [1.29, 1.82) is 0 Å². The van der Waals surface area contributed by atoms with E-state index in [0.29, 0.717) is 36.9 Å². The minimum absolute atomic E-state index is 0.172. The van der Waals surface area contributed by atoms with Gasteiger partial charge in [-0.1, -0.05) is 57.1 Å². The number of benzene rings is 2. The maximum atomic E-state index is 13.9. The topological polar surface area (TPSA) is 96.2 Å². The number of hydrogen-bond donors (Lipinski definition) is 0. The Morgan fingerprint density at radius 1 is 1.21 bits per heavy atom. The van der Waals surface area contributed by atoms with E-state index in [1.807, 2.05) is 6.07 Å². The number of allylic oxidation sites excluding steroid dienone is 1. The Bertz CT molecular complexity index is 1670. The molecule has 39 heavy (non-hydrogen) atoms. The molecule has 0 N–H and O–H groups in total. The van der Waals surface area contributed by atoms with E-state index >= 15 is 0 Å². The van der Waals surface area contributed by atoms with Crippen LogP contribution in [0.3, 0.4) is 0 Å². The van der Waals surface area contributed by atoms with Crippen molar-refractivity contribution in [2.24, 2.45) is 4.99 Å². The predicted octanol–water partition coefficient (Wildman–Crippen LogP) is 4.76. The van der Waals surface area contributed by atoms with Gasteiger partial charge in [-0.05, 0) is 73.2 Å². The van der Waals surface area contributed by atoms with Crippen LogP contribution in [0.15, 0.2) is 61.9 Å². The van der Waals surface area contributed by atoms with Gasteiger partial charge in [0.25, 0.3) is 5.56 Å². The number of nitrogens with zero attached hydrogens (tertiary/aromatic N) is 2. The molecule has 4 rings (SSSR count). The highest BCUT2D eigenvalue weighted by molar-refractivity contribution is 14.1. The standard InChI is InChI=1S/C27H23BrClIN2O6S/c1-4-36-21(33)13-38-24-15(10-16(28)12-19(24)30)11-20-25(34)32-23(17-8-6-7-9-18(17)29)22(26(35)37-5-2)14(3)31-27(32)39-20/h6-12,23H,4-5,13H2,1-3H3/b20-11-/t23-/m1/s1. The summed E-state index contributed by atoms with van der Waals surface area (Å²) < 4.78 is 19.4. The average molecular weight is 746 g/mol. The molecule has 0 saturated carbocycles. The molecule has 0 fully saturated rings. The lowest BCUT2D eigenvalue weighted by Gasteiger charge is -2.25. The zero-order chi connectivity index (χ0) is 28.3. The molecule has 1 aromatic heterocycles. The van der Waals surface area contributed by atoms with Crippen molar-refractivity contribution < 1.29 is 23.8 Å². The number of carbonyl (C=O) groups is 2. The first-order valence-electron chi connectivity index (χ1n) is 11.9. The summed E-state index contributed by atoms with van der Waals surface area (Å²) in [5, 5.41) is 0.407. The van der Waals surface area contributed by atoms with E-state index in [0.717, 1.165) is 8.04 Å². The Labute approximate surface area is 255 Å². The highest BCUT2D eigenvalue weighted by Gasteiger charge is 2.34. The number of esters is 2. The smallest absolute Gasteiger partial charge is 0.344 e. The Kier molecular flexibility index (Phi) is 9.68. The van der Waals surface area contributed by atoms with Gasteiger partial charge in [0.2, 0.25) is 0 Å². The van der Waals surface area contributed by atoms with E-state index in [4.69, 9.17) is 25.8 Å². The third-order valence-electron chi connectivity index (χ3n) is 5.68. The molecule has 8 nitrogen and oxygen atoms in total. The molecule has 0 amide bonds. The summed E-state index contributed by atoms with van der Waals surface area (Å²) in [7, 11) is 0. The van der Waals surface area contributed by atoms with Gasteiger partial charge in [0.1, 0.15) is 11.8 Å². The highest BCUT2D eigenvalue weighted by Crippen LogP contribution is 2.35. The number of ether oxygens (including phenoxy) is 3. The van der Waals surface area contributed by atoms with Crippen LogP contribution in [0.5, 0.6) is 5.75 Å². The van der Waals surface area contributed by atoms with Crippen molar-refractivity contribution in [1.82, 2.24) is 4.57 Å². The molecule has 0 saturated heterocycles. The predicted molar refractivity (Wildman–Crippen MR) is 161 cm³/mol. The summed E-state index contributed by atoms with van der Waals surface area (Å²) in [6.07, 6.45) is 1.68. The van der Waals surface area contributed by atoms with E-state index in [9.17, 15) is 14.4 Å². The molecule has 0 unspecified atom stereocenters. The fourth-order valence-corrected chi connectivity index (χ4v) is 7.08. The van der Waals surface area contributed by atoms with E-state index in [1.54, 1.807) is 57.2 Å². The molecule has 1 aliphatic heterocycles. The van der Waals surface area contributed by atoms with Crippen LogP contribution in [0, 0.1) is 3.57 Å². The molecule has 204 valence electrons. The molecule has 1 atom stereocenters. The quantitative estimate of drug-likeness (QED) is 0.244. The monoisotopic (exact) mass is 744 g/mol. The second kappa shape index (κ2) is 12.8. The van der Waals surface area contributed by atoms with Crippen molar-refractivity contribution in [3.05, 3.63) is 91.5 Å². The van der Waals surface area contributed by atoms with E-state index < -0.39 is 18.0 Å². The van der Waals surface area contributed by atoms with Gasteiger partial charge < -0.3 is 14.2 Å². The average Bonchev–Trinajstić information content (AvgIpc) is 3.17. The van der Waals surface area contributed by atoms with Gasteiger partial charge in [0.05, 0.1) is 32.6 Å². The molecule has 0 bridgehead atoms. The van der Waals surface area contributed by atoms with Crippen molar-refractivity contribution in [2.45, 2.75) is 26.8 Å². The van der Waals surface area contributed by atoms with Crippen LogP contribution >= 0.6 is 61.5 Å². The van der Waals surface area contributed by atoms with Gasteiger partial charge in [-0.2, -0.15) is 0 Å². The van der Waals surface area contributed by atoms with Gasteiger partial charge in [0.15, 0.2) is 11.4 Å². The molecule has 2 heterocycles. The van der Waals surface area contributed by atoms with E-state index in [2.05, 4.69) is 43.5 Å². The SMILES string of the molecule is CCOC(=O)COc1c(I)cc(Br)cc1/C=c1\sc2n(c1=O)[C@H](c1ccccc1Cl)C(C(=O)OCC)=C(C)N=2. The Morgan fingerprint density at radius 2 is 1.92 bits per heavy atom. The molecule has 12 heteroatoms. The minimum Gasteiger partial charge on any atom is -0.480 e. The lowest BCUT2D eigenvalue weighted by Crippen LogP contribution is -2.40. The van der Waals surface area contributed by atoms with Crippen LogP contribution in [0.2, 0.25) is 5.02 Å². The molecule has 3 aromatic rings. The molecular formula is C27H23BrClIN2O6S. The molecule has 0 spiro atoms. The van der Waals surface area contributed by atoms with Crippen molar-refractivity contribution in [2.75, 3.05) is 19.8 Å². The molecule has 2 aromatic carbocycles. The summed E-state index contributed by atoms with van der Waals surface area (Å²) in [5.41, 5.74) is 1.50. The number of hydrogen-bond acceptors (Lipinski definition) is 8. The van der Waals surface area contributed by atoms with Crippen LogP contribution in [-0.2, 0) is 19.1 Å². The van der Waals surface area contributed by atoms with Crippen LogP contribution in [0.25, 0.3) is 6.08 Å². The Balaban J connectivity index is 1.91. The first-order valence-corrected chi connectivity index (χ1v) is 14.9. The number of carbonyl (C=O) groups excluding carboxylic acids is 2. The van der Waals surface area contributed by atoms with E-state index in [-0.39, 0.29) is 31.0 Å². The Morgan fingerprint density at radius 3 is 2.62 bits per heavy atom. The van der Waals surface area contributed by atoms with E-state index in [1.165, 1.54) is 15.9 Å². The fourth-order valence-electron chi connectivity index (χ4n) is 4.10. The van der Waals surface area contributed by atoms with Crippen LogP contribution in [-0.4, -0.2) is 36.3 Å². The molecular weight excluding hydrogens is 723 g/mol. The first kappa shape index (κ1) is 29.5. The summed E-state index contributed by atoms with van der Waals surface area (Å²) in [6, 6.07) is 9.88. The largest absolute Gasteiger partial charge is 0.480 e. The lowest BCUT2D eigenvalue weighted by molar-refractivity contribution is -0.145. The van der Waals surface area contributed by atoms with Crippen LogP contribution in [0.4, 0.5) is 0 Å². The second-order valence-corrected chi connectivity index (χ2v) is 11.7. The maximum Gasteiger partial charge on any atom is 0.344 e. The maximum absolute atomic E-state index is 13.9. The summed E-state index contributed by atoms with van der Waals surface area (Å²) in [4.78, 5) is 43.9. The zero-order valence-corrected chi connectivity index (χ0v) is 26.4. The number of halogens is 3. The number of thiazole rings is 1. The second-order valence-electron chi connectivity index (χ2n) is 8.22. The minimum atomic E-state index is -0.821. The highest BCUT2D eigenvalue weighted by atomic mass is 127. The molecule has 1 aliphatic rings. The third-order valence-corrected chi connectivity index (χ3v) is 8.27. The third kappa shape index (κ3) is 6.31. The lowest BCUT2D eigenvalue weighted by atomic mass is 9.96. The summed E-state index contributed by atoms with van der Waals surface area (Å²) in [6.45, 7) is 5.29. The van der Waals surface area contributed by atoms with Crippen molar-refractivity contribution >= 4 is 79.5 Å². The van der Waals surface area contributed by atoms with Gasteiger partial charge in [-0.15, -0.1) is 0 Å². The number of rotatable bonds is 8. The van der Waals surface area contributed by atoms with Gasteiger partial charge in [-0.3, -0.25) is 9.36 Å². The number of aromatic nitrogens is 1. The summed E-state index contributed by atoms with van der Waals surface area (Å²) >= 11 is 13.3. The number of fused-ring (bicyclic) bond motifs is 1. The van der Waals surface area contributed by atoms with Crippen molar-refractivity contribution in [3.63, 3.8) is 0 Å². The van der Waals surface area contributed by atoms with Gasteiger partial charge >= 0.3 is 11.9 Å². The molecule has 0 radical (unpaired) electrons. The fraction of sp³-hybridized carbons (Fsp3) is 0.259. The van der Waals surface area contributed by atoms with Crippen LogP contribution < -0.4 is 19.6 Å². The van der Waals surface area contributed by atoms with Crippen molar-refractivity contribution in [3.8, 4) is 5.75 Å². The molecule has 0 aliphatic carbocycles. The van der Waals surface area contributed by atoms with Crippen LogP contribution in [0.1, 0.15) is 37.9 Å².